The van der Waals surface area contributed by atoms with Gasteiger partial charge in [0.1, 0.15) is 5.56 Å². The Kier molecular flexibility index (Phi) is 5.20. The molecule has 0 fully saturated rings. The number of aliphatic hydroxyl groups is 2. The number of benzene rings is 1. The number of carbonyl (C=O) groups is 1. The fourth-order valence-corrected chi connectivity index (χ4v) is 1.93. The first-order valence-corrected chi connectivity index (χ1v) is 5.88. The molecule has 0 aliphatic heterocycles. The van der Waals surface area contributed by atoms with Crippen molar-refractivity contribution in [2.75, 3.05) is 18.5 Å². The number of aliphatic hydroxyl groups excluding tert-OH is 2. The number of hydrogen-bond acceptors (Lipinski definition) is 4. The second-order valence-electron chi connectivity index (χ2n) is 3.30. The van der Waals surface area contributed by atoms with Crippen molar-refractivity contribution in [1.82, 2.24) is 0 Å². The first kappa shape index (κ1) is 14.2. The summed E-state index contributed by atoms with van der Waals surface area (Å²) in [5.74, 6) is -1.17. The molecule has 94 valence electrons. The number of halogens is 2. The van der Waals surface area contributed by atoms with E-state index in [9.17, 15) is 9.90 Å². The van der Waals surface area contributed by atoms with Crippen molar-refractivity contribution >= 4 is 39.2 Å². The molecule has 0 amide bonds. The lowest BCUT2D eigenvalue weighted by atomic mass is 10.1. The SMILES string of the molecule is O=C(O)c1c(Cl)ccc(Br)c1NCC(O)CO. The highest BCUT2D eigenvalue weighted by atomic mass is 79.9. The predicted octanol–water partition coefficient (Wildman–Crippen LogP) is 1.57. The van der Waals surface area contributed by atoms with Gasteiger partial charge in [-0.25, -0.2) is 4.79 Å². The van der Waals surface area contributed by atoms with Crippen molar-refractivity contribution in [3.63, 3.8) is 0 Å². The van der Waals surface area contributed by atoms with Crippen molar-refractivity contribution in [1.29, 1.82) is 0 Å². The van der Waals surface area contributed by atoms with Gasteiger partial charge in [-0.1, -0.05) is 11.6 Å². The Morgan fingerprint density at radius 3 is 2.71 bits per heavy atom. The van der Waals surface area contributed by atoms with Crippen molar-refractivity contribution in [2.24, 2.45) is 0 Å². The summed E-state index contributed by atoms with van der Waals surface area (Å²) in [6.07, 6.45) is -0.970. The van der Waals surface area contributed by atoms with Crippen LogP contribution >= 0.6 is 27.5 Å². The molecule has 0 aromatic heterocycles. The molecule has 0 radical (unpaired) electrons. The Labute approximate surface area is 111 Å². The van der Waals surface area contributed by atoms with E-state index in [0.717, 1.165) is 0 Å². The van der Waals surface area contributed by atoms with Crippen LogP contribution in [0.3, 0.4) is 0 Å². The molecule has 0 saturated carbocycles. The fourth-order valence-electron chi connectivity index (χ4n) is 1.22. The van der Waals surface area contributed by atoms with Crippen LogP contribution in [-0.4, -0.2) is 40.5 Å². The van der Waals surface area contributed by atoms with Crippen LogP contribution in [-0.2, 0) is 0 Å². The molecule has 1 rings (SSSR count). The van der Waals surface area contributed by atoms with E-state index in [1.165, 1.54) is 6.07 Å². The molecule has 1 unspecified atom stereocenters. The standard InChI is InChI=1S/C10H11BrClNO4/c11-6-1-2-7(12)8(10(16)17)9(6)13-3-5(15)4-14/h1-2,5,13-15H,3-4H2,(H,16,17). The van der Waals surface area contributed by atoms with Crippen LogP contribution in [0, 0.1) is 0 Å². The van der Waals surface area contributed by atoms with Gasteiger partial charge >= 0.3 is 5.97 Å². The number of hydrogen-bond donors (Lipinski definition) is 4. The van der Waals surface area contributed by atoms with Crippen LogP contribution in [0.5, 0.6) is 0 Å². The number of aromatic carboxylic acids is 1. The minimum atomic E-state index is -1.17. The molecule has 1 aromatic carbocycles. The Morgan fingerprint density at radius 2 is 2.18 bits per heavy atom. The summed E-state index contributed by atoms with van der Waals surface area (Å²) in [5.41, 5.74) is 0.198. The van der Waals surface area contributed by atoms with Crippen LogP contribution in [0.2, 0.25) is 5.02 Å². The average Bonchev–Trinajstić information content (AvgIpc) is 2.28. The van der Waals surface area contributed by atoms with Gasteiger partial charge in [-0.05, 0) is 28.1 Å². The molecule has 5 nitrogen and oxygen atoms in total. The molecule has 0 aliphatic carbocycles. The molecule has 7 heteroatoms. The monoisotopic (exact) mass is 323 g/mol. The van der Waals surface area contributed by atoms with Crippen LogP contribution in [0.15, 0.2) is 16.6 Å². The molecule has 0 saturated heterocycles. The Balaban J connectivity index is 3.04. The maximum Gasteiger partial charge on any atom is 0.339 e. The summed E-state index contributed by atoms with van der Waals surface area (Å²) in [6.45, 7) is -0.386. The van der Waals surface area contributed by atoms with Crippen molar-refractivity contribution in [3.8, 4) is 0 Å². The van der Waals surface area contributed by atoms with Gasteiger partial charge < -0.3 is 20.6 Å². The summed E-state index contributed by atoms with van der Waals surface area (Å²) in [5, 5.41) is 29.7. The summed E-state index contributed by atoms with van der Waals surface area (Å²) < 4.78 is 0.518. The lowest BCUT2D eigenvalue weighted by molar-refractivity contribution is 0.0697. The van der Waals surface area contributed by atoms with E-state index >= 15 is 0 Å². The van der Waals surface area contributed by atoms with Gasteiger partial charge in [0, 0.05) is 11.0 Å². The van der Waals surface area contributed by atoms with E-state index in [4.69, 9.17) is 21.8 Å². The maximum absolute atomic E-state index is 11.1. The highest BCUT2D eigenvalue weighted by Gasteiger charge is 2.17. The van der Waals surface area contributed by atoms with Gasteiger partial charge in [-0.2, -0.15) is 0 Å². The largest absolute Gasteiger partial charge is 0.478 e. The molecule has 1 atom stereocenters. The molecular formula is C10H11BrClNO4. The predicted molar refractivity (Wildman–Crippen MR) is 67.7 cm³/mol. The van der Waals surface area contributed by atoms with E-state index in [1.54, 1.807) is 6.07 Å². The highest BCUT2D eigenvalue weighted by molar-refractivity contribution is 9.10. The van der Waals surface area contributed by atoms with Crippen molar-refractivity contribution in [2.45, 2.75) is 6.10 Å². The Hall–Kier alpha value is -0.820. The number of rotatable bonds is 5. The fraction of sp³-hybridized carbons (Fsp3) is 0.300. The zero-order valence-corrected chi connectivity index (χ0v) is 11.0. The second-order valence-corrected chi connectivity index (χ2v) is 4.56. The van der Waals surface area contributed by atoms with E-state index in [1.807, 2.05) is 0 Å². The first-order valence-electron chi connectivity index (χ1n) is 4.71. The zero-order chi connectivity index (χ0) is 13.0. The highest BCUT2D eigenvalue weighted by Crippen LogP contribution is 2.32. The lowest BCUT2D eigenvalue weighted by Gasteiger charge is -2.14. The van der Waals surface area contributed by atoms with Gasteiger partial charge in [0.2, 0.25) is 0 Å². The second kappa shape index (κ2) is 6.20. The Morgan fingerprint density at radius 1 is 1.53 bits per heavy atom. The third-order valence-electron chi connectivity index (χ3n) is 2.04. The third-order valence-corrected chi connectivity index (χ3v) is 3.02. The van der Waals surface area contributed by atoms with E-state index < -0.39 is 18.7 Å². The van der Waals surface area contributed by atoms with Gasteiger partial charge in [0.05, 0.1) is 23.4 Å². The lowest BCUT2D eigenvalue weighted by Crippen LogP contribution is -2.24. The number of anilines is 1. The molecule has 0 heterocycles. The van der Waals surface area contributed by atoms with E-state index in [2.05, 4.69) is 21.2 Å². The summed E-state index contributed by atoms with van der Waals surface area (Å²) >= 11 is 8.99. The van der Waals surface area contributed by atoms with Crippen LogP contribution in [0.4, 0.5) is 5.69 Å². The maximum atomic E-state index is 11.1. The van der Waals surface area contributed by atoms with Crippen LogP contribution in [0.25, 0.3) is 0 Å². The minimum Gasteiger partial charge on any atom is -0.478 e. The van der Waals surface area contributed by atoms with E-state index in [0.29, 0.717) is 4.47 Å². The third kappa shape index (κ3) is 3.57. The molecular weight excluding hydrogens is 313 g/mol. The van der Waals surface area contributed by atoms with Gasteiger partial charge in [0.25, 0.3) is 0 Å². The number of carboxylic acids is 1. The smallest absolute Gasteiger partial charge is 0.339 e. The summed E-state index contributed by atoms with van der Waals surface area (Å²) in [4.78, 5) is 11.1. The zero-order valence-electron chi connectivity index (χ0n) is 8.65. The number of nitrogens with one attached hydrogen (secondary N) is 1. The summed E-state index contributed by atoms with van der Waals surface area (Å²) in [7, 11) is 0. The normalized spacial score (nSPS) is 12.2. The van der Waals surface area contributed by atoms with E-state index in [-0.39, 0.29) is 22.8 Å². The van der Waals surface area contributed by atoms with Crippen molar-refractivity contribution < 1.29 is 20.1 Å². The average molecular weight is 325 g/mol. The van der Waals surface area contributed by atoms with Crippen molar-refractivity contribution in [3.05, 3.63) is 27.2 Å². The quantitative estimate of drug-likeness (QED) is 0.660. The molecule has 17 heavy (non-hydrogen) atoms. The van der Waals surface area contributed by atoms with Crippen LogP contribution in [0.1, 0.15) is 10.4 Å². The molecule has 1 aromatic rings. The topological polar surface area (TPSA) is 89.8 Å². The van der Waals surface area contributed by atoms with Gasteiger partial charge in [-0.15, -0.1) is 0 Å². The number of carboxylic acid groups (broad SMARTS) is 1. The minimum absolute atomic E-state index is 0.0235. The molecule has 4 N–H and O–H groups in total. The summed E-state index contributed by atoms with van der Waals surface area (Å²) in [6, 6.07) is 3.06. The Bertz CT molecular complexity index is 427. The van der Waals surface area contributed by atoms with Gasteiger partial charge in [-0.3, -0.25) is 0 Å². The first-order chi connectivity index (χ1) is 7.97. The van der Waals surface area contributed by atoms with Gasteiger partial charge in [0.15, 0.2) is 0 Å². The van der Waals surface area contributed by atoms with Crippen LogP contribution < -0.4 is 5.32 Å². The molecule has 0 aliphatic rings. The molecule has 0 bridgehead atoms. The molecule has 0 spiro atoms.